The number of hydrogen-bond acceptors (Lipinski definition) is 6. The van der Waals surface area contributed by atoms with Crippen LogP contribution in [0.1, 0.15) is 63.9 Å². The number of fused-ring (bicyclic) bond motifs is 4. The predicted molar refractivity (Wildman–Crippen MR) is 119 cm³/mol. The summed E-state index contributed by atoms with van der Waals surface area (Å²) in [6.07, 6.45) is 2.64. The highest BCUT2D eigenvalue weighted by atomic mass is 32.1. The minimum absolute atomic E-state index is 0.118. The molecule has 0 saturated heterocycles. The number of rotatable bonds is 2. The van der Waals surface area contributed by atoms with Crippen molar-refractivity contribution in [3.05, 3.63) is 54.3 Å². The van der Waals surface area contributed by atoms with Gasteiger partial charge in [-0.3, -0.25) is 4.79 Å². The van der Waals surface area contributed by atoms with Crippen molar-refractivity contribution in [3.8, 4) is 0 Å². The first-order chi connectivity index (χ1) is 14.7. The maximum Gasteiger partial charge on any atom is 0.339 e. The molecule has 1 aromatic heterocycles. The van der Waals surface area contributed by atoms with Crippen molar-refractivity contribution in [1.82, 2.24) is 0 Å². The first kappa shape index (κ1) is 21.8. The monoisotopic (exact) mass is 440 g/mol. The van der Waals surface area contributed by atoms with Crippen LogP contribution in [0.4, 0.5) is 0 Å². The molecule has 2 aromatic rings. The number of ether oxygens (including phenoxy) is 2. The van der Waals surface area contributed by atoms with E-state index in [1.54, 1.807) is 0 Å². The second kappa shape index (κ2) is 7.90. The Morgan fingerprint density at radius 3 is 1.42 bits per heavy atom. The number of hydrogen-bond donors (Lipinski definition) is 0. The normalized spacial score (nSPS) is 19.7. The fraction of sp³-hybridized carbons (Fsp3) is 0.480. The van der Waals surface area contributed by atoms with Crippen LogP contribution in [-0.4, -0.2) is 31.9 Å². The lowest BCUT2D eigenvalue weighted by molar-refractivity contribution is -0.126. The Kier molecular flexibility index (Phi) is 5.54. The van der Waals surface area contributed by atoms with Crippen LogP contribution in [0.15, 0.2) is 0 Å². The Balaban J connectivity index is 1.93. The summed E-state index contributed by atoms with van der Waals surface area (Å²) in [5.41, 5.74) is 6.67. The van der Waals surface area contributed by atoms with Crippen LogP contribution in [0.3, 0.4) is 0 Å². The third-order valence-corrected chi connectivity index (χ3v) is 8.28. The van der Waals surface area contributed by atoms with Crippen molar-refractivity contribution in [3.63, 3.8) is 0 Å². The van der Waals surface area contributed by atoms with Crippen LogP contribution < -0.4 is 0 Å². The summed E-state index contributed by atoms with van der Waals surface area (Å²) in [5, 5.41) is 0. The molecule has 0 aliphatic heterocycles. The highest BCUT2D eigenvalue weighted by Gasteiger charge is 2.40. The van der Waals surface area contributed by atoms with Gasteiger partial charge in [-0.2, -0.15) is 0 Å². The van der Waals surface area contributed by atoms with Crippen LogP contribution in [0, 0.1) is 39.5 Å². The predicted octanol–water partition coefficient (Wildman–Crippen LogP) is 4.25. The highest BCUT2D eigenvalue weighted by molar-refractivity contribution is 7.12. The Bertz CT molecular complexity index is 1040. The van der Waals surface area contributed by atoms with Crippen molar-refractivity contribution in [2.45, 2.75) is 53.4 Å². The summed E-state index contributed by atoms with van der Waals surface area (Å²) >= 11 is 1.82. The van der Waals surface area contributed by atoms with Gasteiger partial charge >= 0.3 is 11.9 Å². The molecule has 164 valence electrons. The maximum atomic E-state index is 13.5. The minimum atomic E-state index is -0.550. The molecular weight excluding hydrogens is 412 g/mol. The molecule has 1 heterocycles. The first-order valence-corrected chi connectivity index (χ1v) is 11.4. The highest BCUT2D eigenvalue weighted by Crippen LogP contribution is 2.42. The van der Waals surface area contributed by atoms with E-state index in [4.69, 9.17) is 9.47 Å². The van der Waals surface area contributed by atoms with Crippen LogP contribution in [0.25, 0.3) is 0 Å². The molecule has 0 amide bonds. The van der Waals surface area contributed by atoms with Gasteiger partial charge in [0.15, 0.2) is 0 Å². The molecule has 0 N–H and O–H groups in total. The van der Waals surface area contributed by atoms with Crippen molar-refractivity contribution < 1.29 is 23.9 Å². The molecular formula is C25H28O5S. The van der Waals surface area contributed by atoms with Crippen LogP contribution in [-0.2, 0) is 40.0 Å². The number of Topliss-reactive ketones (excluding diaryl/α,β-unsaturated/α-hetero) is 1. The molecule has 2 bridgehead atoms. The van der Waals surface area contributed by atoms with Crippen molar-refractivity contribution in [2.24, 2.45) is 11.8 Å². The molecule has 4 rings (SSSR count). The first-order valence-electron chi connectivity index (χ1n) is 10.6. The average molecular weight is 441 g/mol. The number of thiophene rings is 1. The average Bonchev–Trinajstić information content (AvgIpc) is 2.86. The van der Waals surface area contributed by atoms with E-state index in [1.165, 1.54) is 35.1 Å². The molecule has 0 radical (unpaired) electrons. The summed E-state index contributed by atoms with van der Waals surface area (Å²) in [7, 11) is 2.63. The Morgan fingerprint density at radius 1 is 0.710 bits per heavy atom. The Morgan fingerprint density at radius 2 is 1.06 bits per heavy atom. The zero-order valence-electron chi connectivity index (χ0n) is 18.9. The van der Waals surface area contributed by atoms with E-state index in [2.05, 4.69) is 13.8 Å². The van der Waals surface area contributed by atoms with Gasteiger partial charge in [0.05, 0.1) is 25.3 Å². The minimum Gasteiger partial charge on any atom is -0.465 e. The summed E-state index contributed by atoms with van der Waals surface area (Å²) in [5.74, 6) is -1.04. The van der Waals surface area contributed by atoms with Crippen molar-refractivity contribution in [2.75, 3.05) is 14.2 Å². The quantitative estimate of drug-likeness (QED) is 0.653. The fourth-order valence-electron chi connectivity index (χ4n) is 5.57. The molecule has 6 heteroatoms. The van der Waals surface area contributed by atoms with Gasteiger partial charge in [0.25, 0.3) is 0 Å². The van der Waals surface area contributed by atoms with Crippen LogP contribution >= 0.6 is 11.3 Å². The van der Waals surface area contributed by atoms with Gasteiger partial charge in [-0.1, -0.05) is 0 Å². The van der Waals surface area contributed by atoms with Crippen molar-refractivity contribution >= 4 is 29.1 Å². The number of benzene rings is 1. The van der Waals surface area contributed by atoms with E-state index in [9.17, 15) is 14.4 Å². The second-order valence-electron chi connectivity index (χ2n) is 8.72. The number of aryl methyl sites for hydroxylation is 2. The third kappa shape index (κ3) is 3.32. The topological polar surface area (TPSA) is 69.7 Å². The van der Waals surface area contributed by atoms with Gasteiger partial charge in [-0.25, -0.2) is 9.59 Å². The van der Waals surface area contributed by atoms with Gasteiger partial charge < -0.3 is 9.47 Å². The summed E-state index contributed by atoms with van der Waals surface area (Å²) in [4.78, 5) is 41.4. The van der Waals surface area contributed by atoms with E-state index in [0.717, 1.165) is 35.1 Å². The zero-order valence-corrected chi connectivity index (χ0v) is 19.7. The van der Waals surface area contributed by atoms with Crippen molar-refractivity contribution in [1.29, 1.82) is 0 Å². The smallest absolute Gasteiger partial charge is 0.339 e. The molecule has 2 atom stereocenters. The van der Waals surface area contributed by atoms with E-state index < -0.39 is 11.9 Å². The SMILES string of the molecule is COC(=O)c1c(C)c2c(c(C)c1C(=O)OC)CC1Cc3c(C)sc(C)c3CC(C2)C1=O. The third-order valence-electron chi connectivity index (χ3n) is 7.18. The standard InChI is InChI=1S/C25H28O5S/c1-11-17-7-15-9-19-13(3)31-14(4)20(19)10-16(23(15)26)8-18(17)12(2)22(25(28)30-6)21(11)24(27)29-5/h15-16H,7-10H2,1-6H3. The lowest BCUT2D eigenvalue weighted by atomic mass is 9.82. The molecule has 2 aliphatic carbocycles. The zero-order chi connectivity index (χ0) is 22.6. The fourth-order valence-corrected chi connectivity index (χ4v) is 6.69. The molecule has 2 aliphatic rings. The van der Waals surface area contributed by atoms with Crippen LogP contribution in [0.5, 0.6) is 0 Å². The molecule has 0 saturated carbocycles. The summed E-state index contributed by atoms with van der Waals surface area (Å²) in [6.45, 7) is 8.00. The van der Waals surface area contributed by atoms with Gasteiger partial charge in [0.2, 0.25) is 0 Å². The summed E-state index contributed by atoms with van der Waals surface area (Å²) < 4.78 is 10.0. The Labute approximate surface area is 186 Å². The van der Waals surface area contributed by atoms with E-state index in [-0.39, 0.29) is 23.0 Å². The maximum absolute atomic E-state index is 13.5. The number of esters is 2. The number of carbonyl (C=O) groups is 3. The lowest BCUT2D eigenvalue weighted by Crippen LogP contribution is -2.25. The molecule has 2 unspecified atom stereocenters. The van der Waals surface area contributed by atoms with Gasteiger partial charge in [0.1, 0.15) is 5.78 Å². The van der Waals surface area contributed by atoms with E-state index >= 15 is 0 Å². The molecule has 31 heavy (non-hydrogen) atoms. The number of methoxy groups -OCH3 is 2. The largest absolute Gasteiger partial charge is 0.465 e. The van der Waals surface area contributed by atoms with E-state index in [0.29, 0.717) is 18.6 Å². The molecule has 1 aromatic carbocycles. The van der Waals surface area contributed by atoms with E-state index in [1.807, 2.05) is 25.2 Å². The molecule has 0 spiro atoms. The lowest BCUT2D eigenvalue weighted by Gasteiger charge is -2.22. The molecule has 5 nitrogen and oxygen atoms in total. The second-order valence-corrected chi connectivity index (χ2v) is 10.2. The van der Waals surface area contributed by atoms with Gasteiger partial charge in [-0.15, -0.1) is 11.3 Å². The Hall–Kier alpha value is -2.47. The van der Waals surface area contributed by atoms with Gasteiger partial charge in [0, 0.05) is 21.6 Å². The van der Waals surface area contributed by atoms with Crippen LogP contribution in [0.2, 0.25) is 0 Å². The number of ketones is 1. The number of carbonyl (C=O) groups excluding carboxylic acids is 3. The molecule has 0 fully saturated rings. The van der Waals surface area contributed by atoms with Gasteiger partial charge in [-0.05, 0) is 86.8 Å². The summed E-state index contributed by atoms with van der Waals surface area (Å²) in [6, 6.07) is 0.